The van der Waals surface area contributed by atoms with Crippen LogP contribution in [0.15, 0.2) is 12.2 Å². The van der Waals surface area contributed by atoms with Gasteiger partial charge in [-0.1, -0.05) is 92.2 Å². The van der Waals surface area contributed by atoms with Crippen molar-refractivity contribution in [3.8, 4) is 0 Å². The summed E-state index contributed by atoms with van der Waals surface area (Å²) in [6, 6.07) is -10.4. The molecule has 4 saturated carbocycles. The molecule has 4 aliphatic carbocycles. The van der Waals surface area contributed by atoms with Crippen molar-refractivity contribution in [1.82, 2.24) is 60.0 Å². The van der Waals surface area contributed by atoms with Crippen LogP contribution >= 0.6 is 23.2 Å². The summed E-state index contributed by atoms with van der Waals surface area (Å²) in [5, 5.41) is 8.30. The molecule has 604 valence electrons. The topological polar surface area (TPSA) is 279 Å². The number of likely N-dealkylation sites (N-methyl/N-ethyl adjacent to an activating group) is 7. The molecular weight excluding hydrogens is 1430 g/mol. The van der Waals surface area contributed by atoms with Crippen LogP contribution in [0.3, 0.4) is 0 Å². The SMILES string of the molecule is CCO[C@@H]1C[C@H]2C(=O)NC3(CC(C)(C)C3)C(=O)N(C)[C@@H](C(CC)CC)C(=O)N(C)[C@H](C(=O)N(C)C)CC(=O)N(C)[C@@H](CC3CCC3)C(=O)N[C@@H]([C@@H](C)CC)C(=O)N(C)CC(=O)N(C)[C@H]3C/C=C\CCN(C3=O)[C@@H](CC3CCC(C(F)(F)F)CC3)C(=O)N(C)CC(=O)N[C@@H](CCC3CCC(Cl)C(Cl)C3)C(=O)N2C1. The molecule has 1 spiro atoms. The van der Waals surface area contributed by atoms with Crippen molar-refractivity contribution in [1.29, 1.82) is 0 Å². The third-order valence-electron chi connectivity index (χ3n) is 24.5. The van der Waals surface area contributed by atoms with Crippen molar-refractivity contribution in [3.05, 3.63) is 12.2 Å². The summed E-state index contributed by atoms with van der Waals surface area (Å²) in [6.45, 7) is 11.8. The number of halogens is 5. The molecule has 107 heavy (non-hydrogen) atoms. The van der Waals surface area contributed by atoms with E-state index >= 15 is 38.4 Å². The van der Waals surface area contributed by atoms with Gasteiger partial charge in [-0.3, -0.25) is 57.5 Å². The Morgan fingerprint density at radius 1 is 0.645 bits per heavy atom. The van der Waals surface area contributed by atoms with E-state index in [0.29, 0.717) is 44.9 Å². The zero-order valence-electron chi connectivity index (χ0n) is 66.0. The van der Waals surface area contributed by atoms with Gasteiger partial charge < -0.3 is 64.8 Å². The zero-order valence-corrected chi connectivity index (χ0v) is 67.5. The van der Waals surface area contributed by atoms with E-state index in [1.54, 1.807) is 26.0 Å². The summed E-state index contributed by atoms with van der Waals surface area (Å²) in [4.78, 5) is 194. The van der Waals surface area contributed by atoms with Gasteiger partial charge in [0.15, 0.2) is 0 Å². The number of rotatable bonds is 15. The van der Waals surface area contributed by atoms with E-state index in [0.717, 1.165) is 29.1 Å². The third kappa shape index (κ3) is 21.6. The van der Waals surface area contributed by atoms with Gasteiger partial charge in [-0.2, -0.15) is 13.2 Å². The Hall–Kier alpha value is -6.29. The molecule has 0 radical (unpaired) electrons. The van der Waals surface area contributed by atoms with E-state index in [1.807, 2.05) is 34.6 Å². The molecule has 2 saturated heterocycles. The summed E-state index contributed by atoms with van der Waals surface area (Å²) >= 11 is 13.3. The molecule has 12 amide bonds. The van der Waals surface area contributed by atoms with Gasteiger partial charge in [0.25, 0.3) is 0 Å². The smallest absolute Gasteiger partial charge is 0.377 e. The van der Waals surface area contributed by atoms with E-state index < -0.39 is 186 Å². The molecule has 7 rings (SSSR count). The minimum absolute atomic E-state index is 0.00823. The summed E-state index contributed by atoms with van der Waals surface area (Å²) in [7, 11) is 11.4. The van der Waals surface area contributed by atoms with Crippen molar-refractivity contribution < 1.29 is 75.4 Å². The minimum atomic E-state index is -4.44. The lowest BCUT2D eigenvalue weighted by molar-refractivity contribution is -0.184. The van der Waals surface area contributed by atoms with Gasteiger partial charge in [0.1, 0.15) is 53.9 Å². The Labute approximate surface area is 641 Å². The quantitative estimate of drug-likeness (QED) is 0.109. The predicted molar refractivity (Wildman–Crippen MR) is 399 cm³/mol. The van der Waals surface area contributed by atoms with Gasteiger partial charge in [-0.25, -0.2) is 0 Å². The number of carbonyl (C=O) groups is 12. The molecule has 0 aromatic rings. The van der Waals surface area contributed by atoms with E-state index in [4.69, 9.17) is 27.9 Å². The number of amides is 12. The van der Waals surface area contributed by atoms with Crippen LogP contribution in [0.4, 0.5) is 13.2 Å². The van der Waals surface area contributed by atoms with Crippen LogP contribution in [0.1, 0.15) is 196 Å². The lowest BCUT2D eigenvalue weighted by Crippen LogP contribution is -2.71. The largest absolute Gasteiger partial charge is 0.391 e. The maximum absolute atomic E-state index is 15.8. The molecule has 2 bridgehead atoms. The van der Waals surface area contributed by atoms with E-state index in [-0.39, 0.29) is 119 Å². The predicted octanol–water partition coefficient (Wildman–Crippen LogP) is 7.13. The molecule has 0 aromatic carbocycles. The fraction of sp³-hybridized carbons (Fsp3) is 0.818. The number of nitrogens with zero attached hydrogens (tertiary/aromatic N) is 9. The van der Waals surface area contributed by atoms with Gasteiger partial charge in [-0.05, 0) is 138 Å². The van der Waals surface area contributed by atoms with Crippen LogP contribution in [0, 0.1) is 40.9 Å². The van der Waals surface area contributed by atoms with Crippen molar-refractivity contribution >= 4 is 94.1 Å². The Kier molecular flexibility index (Phi) is 31.3. The highest BCUT2D eigenvalue weighted by atomic mass is 35.5. The molecule has 3 aliphatic heterocycles. The van der Waals surface area contributed by atoms with Crippen molar-refractivity contribution in [2.45, 2.75) is 273 Å². The van der Waals surface area contributed by atoms with Crippen LogP contribution in [-0.4, -0.2) is 281 Å². The molecule has 25 nitrogen and oxygen atoms in total. The second-order valence-corrected chi connectivity index (χ2v) is 34.1. The lowest BCUT2D eigenvalue weighted by Gasteiger charge is -2.54. The number of alkyl halides is 5. The monoisotopic (exact) mass is 1550 g/mol. The summed E-state index contributed by atoms with van der Waals surface area (Å²) in [6.07, 6.45) is 3.89. The Bertz CT molecular complexity index is 3200. The van der Waals surface area contributed by atoms with Crippen LogP contribution in [0.2, 0.25) is 0 Å². The number of hydrogen-bond donors (Lipinski definition) is 3. The first-order valence-corrected chi connectivity index (χ1v) is 40.0. The normalized spacial score (nSPS) is 31.7. The summed E-state index contributed by atoms with van der Waals surface area (Å²) in [5.74, 6) is -11.2. The van der Waals surface area contributed by atoms with Gasteiger partial charge in [0.05, 0.1) is 36.9 Å². The zero-order chi connectivity index (χ0) is 79.5. The molecule has 7 aliphatic rings. The molecular formula is C77H123Cl2F3N12O13. The second kappa shape index (κ2) is 38.1. The Balaban J connectivity index is 1.34. The van der Waals surface area contributed by atoms with Crippen molar-refractivity contribution in [2.24, 2.45) is 40.9 Å². The Morgan fingerprint density at radius 2 is 1.26 bits per heavy atom. The molecule has 3 N–H and O–H groups in total. The first-order valence-electron chi connectivity index (χ1n) is 39.1. The van der Waals surface area contributed by atoms with Crippen LogP contribution in [-0.2, 0) is 62.3 Å². The lowest BCUT2D eigenvalue weighted by atomic mass is 9.58. The van der Waals surface area contributed by atoms with Crippen molar-refractivity contribution in [3.63, 3.8) is 0 Å². The highest BCUT2D eigenvalue weighted by molar-refractivity contribution is 6.30. The third-order valence-corrected chi connectivity index (χ3v) is 25.7. The maximum Gasteiger partial charge on any atom is 0.391 e. The number of ether oxygens (including phenoxy) is 1. The van der Waals surface area contributed by atoms with E-state index in [9.17, 15) is 32.3 Å². The van der Waals surface area contributed by atoms with Gasteiger partial charge in [-0.15, -0.1) is 23.2 Å². The summed E-state index contributed by atoms with van der Waals surface area (Å²) < 4.78 is 48.6. The fourth-order valence-corrected chi connectivity index (χ4v) is 18.1. The minimum Gasteiger partial charge on any atom is -0.377 e. The average molecular weight is 1550 g/mol. The highest BCUT2D eigenvalue weighted by Crippen LogP contribution is 2.50. The first-order chi connectivity index (χ1) is 50.2. The highest BCUT2D eigenvalue weighted by Gasteiger charge is 2.59. The summed E-state index contributed by atoms with van der Waals surface area (Å²) in [5.41, 5.74) is -2.15. The van der Waals surface area contributed by atoms with Crippen LogP contribution in [0.5, 0.6) is 0 Å². The van der Waals surface area contributed by atoms with Gasteiger partial charge in [0, 0.05) is 87.9 Å². The molecule has 13 atom stereocenters. The number of fused-ring (bicyclic) bond motifs is 3. The fourth-order valence-electron chi connectivity index (χ4n) is 17.5. The molecule has 3 unspecified atom stereocenters. The van der Waals surface area contributed by atoms with E-state index in [2.05, 4.69) is 16.0 Å². The number of hydrogen-bond acceptors (Lipinski definition) is 13. The standard InChI is InChI=1S/C77H123Cl2F3N12O13/c1-16-46(5)64-72(104)88(11)43-63(97)89(12)56-26-21-20-22-35-93(71(56)103)60(38-49-27-31-51(32-28-49)77(80,81)82)70(102)87(10)42-61(95)83-55(34-30-48-29-33-53(78)54(79)36-48)68(100)94-41-52(107-19-4)39-58(94)67(99)85-76(44-75(6,7)45-76)74(106)92(15)65(50(17-2)18-3)73(105)91(14)59(69(101)86(8)9)40-62(96)90(13)57(66(98)84-64)37-47-24-23-25-47/h20-21,46-60,64-65H,16-19,22-45H2,1-15H3,(H,83,95)(H,84,98)(H,85,99)/b21-20-/t46-,48?,49?,51?,52+,53?,54?,55-,56-,57-,58-,59-,60-,64-,65-/m0/s1. The van der Waals surface area contributed by atoms with E-state index in [1.165, 1.54) is 90.7 Å². The second-order valence-electron chi connectivity index (χ2n) is 33.0. The van der Waals surface area contributed by atoms with Crippen LogP contribution < -0.4 is 16.0 Å². The Morgan fingerprint density at radius 3 is 1.83 bits per heavy atom. The van der Waals surface area contributed by atoms with Gasteiger partial charge >= 0.3 is 6.18 Å². The first kappa shape index (κ1) is 87.9. The molecule has 6 fully saturated rings. The molecule has 3 heterocycles. The number of carbonyl (C=O) groups excluding carboxylic acids is 12. The van der Waals surface area contributed by atoms with Crippen molar-refractivity contribution in [2.75, 3.05) is 89.2 Å². The van der Waals surface area contributed by atoms with Gasteiger partial charge in [0.2, 0.25) is 70.9 Å². The molecule has 0 aromatic heterocycles. The maximum atomic E-state index is 15.8. The average Bonchev–Trinajstić information content (AvgIpc) is 1.01. The van der Waals surface area contributed by atoms with Crippen LogP contribution in [0.25, 0.3) is 0 Å². The number of nitrogens with one attached hydrogen (secondary N) is 3. The molecule has 30 heteroatoms.